The number of aliphatic hydroxyl groups is 4. The predicted molar refractivity (Wildman–Crippen MR) is 125 cm³/mol. The molecule has 3 aliphatic rings. The van der Waals surface area contributed by atoms with Gasteiger partial charge in [0.25, 0.3) is 0 Å². The van der Waals surface area contributed by atoms with E-state index in [1.165, 1.54) is 31.3 Å². The van der Waals surface area contributed by atoms with Crippen molar-refractivity contribution in [3.8, 4) is 0 Å². The first-order valence-corrected chi connectivity index (χ1v) is 12.0. The van der Waals surface area contributed by atoms with Crippen LogP contribution in [-0.4, -0.2) is 44.8 Å². The third kappa shape index (κ3) is 5.42. The Kier molecular flexibility index (Phi) is 7.68. The van der Waals surface area contributed by atoms with Crippen molar-refractivity contribution in [1.82, 2.24) is 0 Å². The van der Waals surface area contributed by atoms with Crippen LogP contribution in [-0.2, 0) is 0 Å². The highest BCUT2D eigenvalue weighted by atomic mass is 16.3. The fourth-order valence-electron chi connectivity index (χ4n) is 6.34. The minimum Gasteiger partial charge on any atom is -0.393 e. The second kappa shape index (κ2) is 9.74. The van der Waals surface area contributed by atoms with Crippen LogP contribution in [0.2, 0.25) is 0 Å². The largest absolute Gasteiger partial charge is 0.393 e. The summed E-state index contributed by atoms with van der Waals surface area (Å²) in [5.41, 5.74) is 2.46. The van der Waals surface area contributed by atoms with E-state index in [9.17, 15) is 20.4 Å². The van der Waals surface area contributed by atoms with Gasteiger partial charge in [0.05, 0.1) is 24.4 Å². The average Bonchev–Trinajstić information content (AvgIpc) is 3.07. The number of hydrogen-bond acceptors (Lipinski definition) is 4. The lowest BCUT2D eigenvalue weighted by molar-refractivity contribution is 0.00435. The monoisotopic (exact) mass is 430 g/mol. The van der Waals surface area contributed by atoms with E-state index in [0.717, 1.165) is 17.6 Å². The highest BCUT2D eigenvalue weighted by Gasteiger charge is 2.50. The molecule has 0 spiro atoms. The highest BCUT2D eigenvalue weighted by Crippen LogP contribution is 2.59. The maximum atomic E-state index is 10.1. The molecule has 174 valence electrons. The van der Waals surface area contributed by atoms with Gasteiger partial charge >= 0.3 is 0 Å². The van der Waals surface area contributed by atoms with Crippen molar-refractivity contribution in [3.05, 3.63) is 47.6 Å². The summed E-state index contributed by atoms with van der Waals surface area (Å²) in [5, 5.41) is 39.5. The molecule has 0 aliphatic heterocycles. The van der Waals surface area contributed by atoms with Gasteiger partial charge in [-0.2, -0.15) is 0 Å². The molecule has 3 fully saturated rings. The van der Waals surface area contributed by atoms with E-state index < -0.39 is 17.8 Å². The van der Waals surface area contributed by atoms with Gasteiger partial charge in [-0.3, -0.25) is 0 Å². The first-order chi connectivity index (χ1) is 14.6. The fourth-order valence-corrected chi connectivity index (χ4v) is 6.34. The number of allylic oxidation sites excluding steroid dienone is 4. The number of aliphatic hydroxyl groups excluding tert-OH is 3. The lowest BCUT2D eigenvalue weighted by Gasteiger charge is -2.44. The van der Waals surface area contributed by atoms with E-state index in [-0.39, 0.29) is 12.0 Å². The van der Waals surface area contributed by atoms with Crippen molar-refractivity contribution in [3.63, 3.8) is 0 Å². The third-order valence-corrected chi connectivity index (χ3v) is 8.27. The van der Waals surface area contributed by atoms with Crippen molar-refractivity contribution in [2.24, 2.45) is 23.2 Å². The molecule has 4 nitrogen and oxygen atoms in total. The molecule has 0 aromatic carbocycles. The van der Waals surface area contributed by atoms with Crippen LogP contribution in [0, 0.1) is 23.2 Å². The molecule has 0 radical (unpaired) electrons. The topological polar surface area (TPSA) is 80.9 Å². The zero-order chi connectivity index (χ0) is 22.8. The Bertz CT molecular complexity index is 746. The predicted octanol–water partition coefficient (Wildman–Crippen LogP) is 4.45. The smallest absolute Gasteiger partial charge is 0.0883 e. The van der Waals surface area contributed by atoms with Gasteiger partial charge < -0.3 is 20.4 Å². The molecule has 3 saturated carbocycles. The summed E-state index contributed by atoms with van der Waals surface area (Å²) in [6.45, 7) is 10.2. The van der Waals surface area contributed by atoms with Crippen molar-refractivity contribution >= 4 is 0 Å². The van der Waals surface area contributed by atoms with Gasteiger partial charge in [0, 0.05) is 6.42 Å². The molecule has 0 unspecified atom stereocenters. The molecule has 3 rings (SSSR count). The second-order valence-electron chi connectivity index (χ2n) is 10.8. The van der Waals surface area contributed by atoms with E-state index in [4.69, 9.17) is 0 Å². The minimum atomic E-state index is -1.04. The Balaban J connectivity index is 1.73. The van der Waals surface area contributed by atoms with Crippen LogP contribution in [0.25, 0.3) is 0 Å². The van der Waals surface area contributed by atoms with Crippen LogP contribution in [0.1, 0.15) is 72.1 Å². The van der Waals surface area contributed by atoms with E-state index >= 15 is 0 Å². The SMILES string of the molecule is C=C1/C(=C/C=C2\CCC[C@]3(C)[C@@H]([C@H](C)/C=C/C[C@@](C)(O)CO)CC[C@@H]23)C[C@@H](O)C[C@@H]1O. The summed E-state index contributed by atoms with van der Waals surface area (Å²) >= 11 is 0. The first-order valence-electron chi connectivity index (χ1n) is 12.0. The first kappa shape index (κ1) is 24.4. The Morgan fingerprint density at radius 1 is 1.26 bits per heavy atom. The number of fused-ring (bicyclic) bond motifs is 1. The van der Waals surface area contributed by atoms with Gasteiger partial charge in [-0.25, -0.2) is 0 Å². The Morgan fingerprint density at radius 3 is 2.71 bits per heavy atom. The van der Waals surface area contributed by atoms with E-state index in [2.05, 4.69) is 38.7 Å². The molecular weight excluding hydrogens is 388 g/mol. The number of rotatable bonds is 6. The van der Waals surface area contributed by atoms with Gasteiger partial charge in [-0.1, -0.05) is 50.3 Å². The van der Waals surface area contributed by atoms with Crippen LogP contribution < -0.4 is 0 Å². The maximum absolute atomic E-state index is 10.1. The summed E-state index contributed by atoms with van der Waals surface area (Å²) in [6, 6.07) is 0. The standard InChI is InChI=1S/C27H42O4/c1-18(7-5-13-26(3,31)17-28)23-11-12-24-20(8-6-14-27(23,24)4)9-10-21-15-22(29)16-25(30)19(21)2/h5,7,9-10,18,22-25,28-31H,2,6,8,11-17H2,1,3-4H3/b7-5+,20-9+,21-10+/t18-,22-,23-,24+,25+,26-,27-/m1/s1. The third-order valence-electron chi connectivity index (χ3n) is 8.27. The van der Waals surface area contributed by atoms with Crippen molar-refractivity contribution in [1.29, 1.82) is 0 Å². The minimum absolute atomic E-state index is 0.223. The molecule has 3 aliphatic carbocycles. The molecule has 31 heavy (non-hydrogen) atoms. The van der Waals surface area contributed by atoms with Gasteiger partial charge in [0.15, 0.2) is 0 Å². The fraction of sp³-hybridized carbons (Fsp3) is 0.704. The molecule has 4 N–H and O–H groups in total. The Morgan fingerprint density at radius 2 is 2.00 bits per heavy atom. The molecule has 0 heterocycles. The van der Waals surface area contributed by atoms with Crippen LogP contribution in [0.4, 0.5) is 0 Å². The second-order valence-corrected chi connectivity index (χ2v) is 10.8. The molecule has 0 bridgehead atoms. The molecule has 0 aromatic heterocycles. The van der Waals surface area contributed by atoms with Crippen molar-refractivity contribution < 1.29 is 20.4 Å². The number of hydrogen-bond donors (Lipinski definition) is 4. The van der Waals surface area contributed by atoms with Crippen LogP contribution in [0.3, 0.4) is 0 Å². The van der Waals surface area contributed by atoms with Crippen LogP contribution in [0.15, 0.2) is 47.6 Å². The maximum Gasteiger partial charge on any atom is 0.0883 e. The van der Waals surface area contributed by atoms with Gasteiger partial charge in [0.2, 0.25) is 0 Å². The molecule has 0 saturated heterocycles. The zero-order valence-corrected chi connectivity index (χ0v) is 19.6. The van der Waals surface area contributed by atoms with Gasteiger partial charge in [-0.05, 0) is 86.2 Å². The summed E-state index contributed by atoms with van der Waals surface area (Å²) in [7, 11) is 0. The van der Waals surface area contributed by atoms with Crippen molar-refractivity contribution in [2.75, 3.05) is 6.61 Å². The quantitative estimate of drug-likeness (QED) is 0.469. The molecular formula is C27H42O4. The van der Waals surface area contributed by atoms with Gasteiger partial charge in [-0.15, -0.1) is 0 Å². The summed E-state index contributed by atoms with van der Waals surface area (Å²) in [6.07, 6.45) is 14.9. The summed E-state index contributed by atoms with van der Waals surface area (Å²) < 4.78 is 0. The molecule has 7 atom stereocenters. The molecule has 4 heteroatoms. The average molecular weight is 431 g/mol. The summed E-state index contributed by atoms with van der Waals surface area (Å²) in [4.78, 5) is 0. The van der Waals surface area contributed by atoms with E-state index in [1.807, 2.05) is 6.08 Å². The highest BCUT2D eigenvalue weighted by molar-refractivity contribution is 5.38. The lowest BCUT2D eigenvalue weighted by atomic mass is 9.61. The molecule has 0 aromatic rings. The van der Waals surface area contributed by atoms with E-state index in [0.29, 0.717) is 37.0 Å². The van der Waals surface area contributed by atoms with Gasteiger partial charge in [0.1, 0.15) is 0 Å². The van der Waals surface area contributed by atoms with Crippen molar-refractivity contribution in [2.45, 2.75) is 89.9 Å². The summed E-state index contributed by atoms with van der Waals surface area (Å²) in [5.74, 6) is 1.62. The lowest BCUT2D eigenvalue weighted by Crippen LogP contribution is -2.35. The zero-order valence-electron chi connectivity index (χ0n) is 19.6. The van der Waals surface area contributed by atoms with E-state index in [1.54, 1.807) is 6.92 Å². The molecule has 0 amide bonds. The normalized spacial score (nSPS) is 39.8. The van der Waals surface area contributed by atoms with Crippen LogP contribution >= 0.6 is 0 Å². The Labute approximate surface area is 188 Å². The Hall–Kier alpha value is -1.20. The van der Waals surface area contributed by atoms with Crippen LogP contribution in [0.5, 0.6) is 0 Å².